The van der Waals surface area contributed by atoms with Gasteiger partial charge in [0.15, 0.2) is 0 Å². The fourth-order valence-corrected chi connectivity index (χ4v) is 0.532. The van der Waals surface area contributed by atoms with Crippen LogP contribution in [-0.4, -0.2) is 23.8 Å². The number of unbranched alkanes of at least 4 members (excludes halogenated alkanes) is 1. The predicted molar refractivity (Wildman–Crippen MR) is 43.7 cm³/mol. The minimum atomic E-state index is -1.01. The van der Waals surface area contributed by atoms with Crippen LogP contribution in [0, 0.1) is 0 Å². The molecule has 0 heterocycles. The number of rotatable bonds is 5. The van der Waals surface area contributed by atoms with Gasteiger partial charge in [-0.15, -0.1) is 0 Å². The Morgan fingerprint density at radius 3 is 2.46 bits per heavy atom. The third-order valence-electron chi connectivity index (χ3n) is 1.19. The number of carbonyl (C=O) groups is 2. The number of hydrogen-bond acceptors (Lipinski definition) is 5. The summed E-state index contributed by atoms with van der Waals surface area (Å²) in [6.07, 6.45) is 3.39. The van der Waals surface area contributed by atoms with Gasteiger partial charge in [0.2, 0.25) is 0 Å². The molecule has 0 saturated carbocycles. The summed E-state index contributed by atoms with van der Waals surface area (Å²) in [4.78, 5) is 24.3. The standard InChI is InChI=1S/C8H12O5/c1-2-3-6-12-7(9)4-5-8(10)13-11/h4-5,11H,2-3,6H2,1H3/b5-4-. The van der Waals surface area contributed by atoms with Crippen LogP contribution in [0.25, 0.3) is 0 Å². The molecular formula is C8H12O5. The molecule has 0 radical (unpaired) electrons. The van der Waals surface area contributed by atoms with Crippen molar-refractivity contribution in [3.8, 4) is 0 Å². The highest BCUT2D eigenvalue weighted by molar-refractivity contribution is 5.91. The molecule has 0 aliphatic heterocycles. The van der Waals surface area contributed by atoms with E-state index in [9.17, 15) is 9.59 Å². The third-order valence-corrected chi connectivity index (χ3v) is 1.19. The molecule has 0 unspecified atom stereocenters. The predicted octanol–water partition coefficient (Wildman–Crippen LogP) is 0.902. The molecule has 1 N–H and O–H groups in total. The molecule has 0 aromatic rings. The molecule has 74 valence electrons. The van der Waals surface area contributed by atoms with E-state index in [1.807, 2.05) is 6.92 Å². The zero-order valence-corrected chi connectivity index (χ0v) is 7.36. The first-order valence-corrected chi connectivity index (χ1v) is 3.91. The zero-order valence-electron chi connectivity index (χ0n) is 7.36. The lowest BCUT2D eigenvalue weighted by Crippen LogP contribution is -2.03. The molecule has 0 saturated heterocycles. The van der Waals surface area contributed by atoms with Crippen molar-refractivity contribution in [3.63, 3.8) is 0 Å². The number of hydrogen-bond donors (Lipinski definition) is 1. The van der Waals surface area contributed by atoms with Crippen LogP contribution in [0.1, 0.15) is 19.8 Å². The Labute approximate surface area is 75.9 Å². The molecule has 0 amide bonds. The molecule has 0 atom stereocenters. The SMILES string of the molecule is CCCCOC(=O)/C=C\C(=O)OO. The van der Waals surface area contributed by atoms with Gasteiger partial charge in [-0.05, 0) is 6.42 Å². The summed E-state index contributed by atoms with van der Waals surface area (Å²) >= 11 is 0. The summed E-state index contributed by atoms with van der Waals surface area (Å²) < 4.78 is 4.66. The van der Waals surface area contributed by atoms with Crippen LogP contribution in [-0.2, 0) is 19.2 Å². The molecule has 0 spiro atoms. The minimum Gasteiger partial charge on any atom is -0.463 e. The first kappa shape index (κ1) is 11.6. The summed E-state index contributed by atoms with van der Waals surface area (Å²) in [5.41, 5.74) is 0. The summed E-state index contributed by atoms with van der Waals surface area (Å²) in [5, 5.41) is 7.81. The third kappa shape index (κ3) is 7.02. The van der Waals surface area contributed by atoms with E-state index in [1.165, 1.54) is 0 Å². The Morgan fingerprint density at radius 1 is 1.31 bits per heavy atom. The van der Waals surface area contributed by atoms with E-state index in [0.717, 1.165) is 25.0 Å². The van der Waals surface area contributed by atoms with Crippen LogP contribution >= 0.6 is 0 Å². The van der Waals surface area contributed by atoms with Crippen molar-refractivity contribution in [2.45, 2.75) is 19.8 Å². The maximum atomic E-state index is 10.7. The quantitative estimate of drug-likeness (QED) is 0.228. The van der Waals surface area contributed by atoms with Gasteiger partial charge in [0, 0.05) is 12.2 Å². The van der Waals surface area contributed by atoms with Crippen molar-refractivity contribution in [2.24, 2.45) is 0 Å². The molecule has 5 heteroatoms. The normalized spacial score (nSPS) is 10.0. The molecule has 0 aliphatic carbocycles. The Kier molecular flexibility index (Phi) is 6.53. The van der Waals surface area contributed by atoms with Crippen molar-refractivity contribution in [2.75, 3.05) is 6.61 Å². The highest BCUT2D eigenvalue weighted by atomic mass is 17.1. The van der Waals surface area contributed by atoms with E-state index in [1.54, 1.807) is 0 Å². The van der Waals surface area contributed by atoms with Gasteiger partial charge in [-0.3, -0.25) is 4.89 Å². The van der Waals surface area contributed by atoms with E-state index in [0.29, 0.717) is 6.61 Å². The zero-order chi connectivity index (χ0) is 10.1. The van der Waals surface area contributed by atoms with Gasteiger partial charge in [0.05, 0.1) is 6.61 Å². The fraction of sp³-hybridized carbons (Fsp3) is 0.500. The topological polar surface area (TPSA) is 72.8 Å². The largest absolute Gasteiger partial charge is 0.463 e. The van der Waals surface area contributed by atoms with Crippen molar-refractivity contribution >= 4 is 11.9 Å². The van der Waals surface area contributed by atoms with Crippen LogP contribution < -0.4 is 0 Å². The van der Waals surface area contributed by atoms with E-state index < -0.39 is 11.9 Å². The van der Waals surface area contributed by atoms with E-state index in [4.69, 9.17) is 5.26 Å². The number of esters is 1. The number of carbonyl (C=O) groups excluding carboxylic acids is 2. The fourth-order valence-electron chi connectivity index (χ4n) is 0.532. The highest BCUT2D eigenvalue weighted by Gasteiger charge is 1.98. The second kappa shape index (κ2) is 7.30. The number of ether oxygens (including phenoxy) is 1. The Morgan fingerprint density at radius 2 is 1.92 bits per heavy atom. The Balaban J connectivity index is 3.61. The average molecular weight is 188 g/mol. The van der Waals surface area contributed by atoms with Crippen molar-refractivity contribution in [1.29, 1.82) is 0 Å². The summed E-state index contributed by atoms with van der Waals surface area (Å²) in [6, 6.07) is 0. The van der Waals surface area contributed by atoms with Crippen LogP contribution in [0.2, 0.25) is 0 Å². The van der Waals surface area contributed by atoms with Crippen LogP contribution in [0.5, 0.6) is 0 Å². The van der Waals surface area contributed by atoms with Crippen molar-refractivity contribution < 1.29 is 24.5 Å². The van der Waals surface area contributed by atoms with E-state index in [2.05, 4.69) is 9.62 Å². The molecule has 0 aromatic heterocycles. The molecule has 0 aromatic carbocycles. The smallest absolute Gasteiger partial charge is 0.365 e. The molecular weight excluding hydrogens is 176 g/mol. The van der Waals surface area contributed by atoms with Gasteiger partial charge >= 0.3 is 11.9 Å². The second-order valence-corrected chi connectivity index (χ2v) is 2.26. The summed E-state index contributed by atoms with van der Waals surface area (Å²) in [5.74, 6) is -1.63. The molecule has 13 heavy (non-hydrogen) atoms. The molecule has 0 aliphatic rings. The van der Waals surface area contributed by atoms with Gasteiger partial charge in [-0.1, -0.05) is 13.3 Å². The van der Waals surface area contributed by atoms with Gasteiger partial charge in [0.1, 0.15) is 0 Å². The Hall–Kier alpha value is -1.36. The van der Waals surface area contributed by atoms with Gasteiger partial charge in [0.25, 0.3) is 0 Å². The highest BCUT2D eigenvalue weighted by Crippen LogP contribution is 1.89. The van der Waals surface area contributed by atoms with Gasteiger partial charge in [-0.2, -0.15) is 5.26 Å². The molecule has 5 nitrogen and oxygen atoms in total. The van der Waals surface area contributed by atoms with Crippen LogP contribution in [0.4, 0.5) is 0 Å². The van der Waals surface area contributed by atoms with Crippen LogP contribution in [0.3, 0.4) is 0 Å². The first-order chi connectivity index (χ1) is 6.20. The monoisotopic (exact) mass is 188 g/mol. The van der Waals surface area contributed by atoms with Gasteiger partial charge < -0.3 is 4.74 Å². The van der Waals surface area contributed by atoms with Crippen LogP contribution in [0.15, 0.2) is 12.2 Å². The maximum absolute atomic E-state index is 10.7. The molecule has 0 bridgehead atoms. The molecule has 0 rings (SSSR count). The molecule has 0 fully saturated rings. The lowest BCUT2D eigenvalue weighted by atomic mass is 10.4. The van der Waals surface area contributed by atoms with Crippen molar-refractivity contribution in [1.82, 2.24) is 0 Å². The lowest BCUT2D eigenvalue weighted by molar-refractivity contribution is -0.228. The Bertz CT molecular complexity index is 197. The first-order valence-electron chi connectivity index (χ1n) is 3.91. The minimum absolute atomic E-state index is 0.327. The lowest BCUT2D eigenvalue weighted by Gasteiger charge is -1.98. The van der Waals surface area contributed by atoms with Crippen molar-refractivity contribution in [3.05, 3.63) is 12.2 Å². The summed E-state index contributed by atoms with van der Waals surface area (Å²) in [6.45, 7) is 2.29. The average Bonchev–Trinajstić information content (AvgIpc) is 2.14. The summed E-state index contributed by atoms with van der Waals surface area (Å²) in [7, 11) is 0. The van der Waals surface area contributed by atoms with Gasteiger partial charge in [-0.25, -0.2) is 9.59 Å². The van der Waals surface area contributed by atoms with E-state index >= 15 is 0 Å². The van der Waals surface area contributed by atoms with E-state index in [-0.39, 0.29) is 0 Å². The maximum Gasteiger partial charge on any atom is 0.365 e. The second-order valence-electron chi connectivity index (χ2n) is 2.26.